The molecule has 0 saturated carbocycles. The summed E-state index contributed by atoms with van der Waals surface area (Å²) in [6.07, 6.45) is 0. The summed E-state index contributed by atoms with van der Waals surface area (Å²) in [7, 11) is 1.41. The number of anilines is 2. The third kappa shape index (κ3) is 8.25. The molecule has 1 aromatic rings. The van der Waals surface area contributed by atoms with Gasteiger partial charge in [0.15, 0.2) is 0 Å². The number of nitrogen functional groups attached to an aromatic ring is 1. The lowest BCUT2D eigenvalue weighted by atomic mass is 10.2. The molecule has 0 aliphatic rings. The first-order valence-electron chi connectivity index (χ1n) is 7.99. The molecule has 0 amide bonds. The Bertz CT molecular complexity index is 687. The summed E-state index contributed by atoms with van der Waals surface area (Å²) < 4.78 is 23.9. The van der Waals surface area contributed by atoms with Crippen LogP contribution in [-0.2, 0) is 38.1 Å². The fourth-order valence-corrected chi connectivity index (χ4v) is 1.94. The van der Waals surface area contributed by atoms with E-state index in [1.807, 2.05) is 0 Å². The first-order chi connectivity index (χ1) is 13.2. The molecule has 154 valence electrons. The molecule has 1 aromatic carbocycles. The molecule has 28 heavy (non-hydrogen) atoms. The number of methoxy groups -OCH3 is 1. The number of carbonyl (C=O) groups excluding carboxylic acids is 4. The molecule has 2 N–H and O–H groups in total. The predicted octanol–water partition coefficient (Wildman–Crippen LogP) is 0.211. The van der Waals surface area contributed by atoms with Crippen LogP contribution in [0, 0.1) is 0 Å². The van der Waals surface area contributed by atoms with Gasteiger partial charge in [-0.3, -0.25) is 19.2 Å². The third-order valence-corrected chi connectivity index (χ3v) is 3.15. The largest absolute Gasteiger partial charge is 0.495 e. The van der Waals surface area contributed by atoms with Crippen molar-refractivity contribution in [3.8, 4) is 5.75 Å². The van der Waals surface area contributed by atoms with E-state index in [1.165, 1.54) is 18.1 Å². The van der Waals surface area contributed by atoms with Gasteiger partial charge in [0, 0.05) is 19.5 Å². The molecule has 0 heterocycles. The van der Waals surface area contributed by atoms with Gasteiger partial charge in [-0.2, -0.15) is 0 Å². The topological polar surface area (TPSA) is 144 Å². The Morgan fingerprint density at radius 1 is 0.893 bits per heavy atom. The van der Waals surface area contributed by atoms with Crippen LogP contribution in [0.25, 0.3) is 0 Å². The van der Waals surface area contributed by atoms with Crippen LogP contribution in [0.4, 0.5) is 11.4 Å². The van der Waals surface area contributed by atoms with Crippen LogP contribution in [-0.4, -0.2) is 57.7 Å². The average molecular weight is 398 g/mol. The number of ether oxygens (including phenoxy) is 5. The number of rotatable bonds is 10. The highest BCUT2D eigenvalue weighted by Gasteiger charge is 2.21. The standard InChI is InChI=1S/C17H22N2O9/c1-11(20)25-9-27-16(22)7-19(8-17(23)28-10-26-12(2)21)14-6-13(18)4-5-15(14)24-3/h4-6H,7-10,18H2,1-3H3. The van der Waals surface area contributed by atoms with Crippen LogP contribution < -0.4 is 15.4 Å². The number of esters is 4. The van der Waals surface area contributed by atoms with Crippen molar-refractivity contribution in [2.75, 3.05) is 44.4 Å². The van der Waals surface area contributed by atoms with Crippen LogP contribution in [0.3, 0.4) is 0 Å². The van der Waals surface area contributed by atoms with Gasteiger partial charge in [-0.25, -0.2) is 0 Å². The van der Waals surface area contributed by atoms with Crippen molar-refractivity contribution < 1.29 is 42.9 Å². The van der Waals surface area contributed by atoms with Crippen molar-refractivity contribution in [2.45, 2.75) is 13.8 Å². The van der Waals surface area contributed by atoms with Gasteiger partial charge >= 0.3 is 23.9 Å². The maximum Gasteiger partial charge on any atom is 0.328 e. The molecule has 0 aliphatic carbocycles. The second kappa shape index (κ2) is 11.3. The van der Waals surface area contributed by atoms with E-state index in [0.717, 1.165) is 13.8 Å². The molecule has 0 fully saturated rings. The Kier molecular flexibility index (Phi) is 9.07. The maximum atomic E-state index is 12.0. The smallest absolute Gasteiger partial charge is 0.328 e. The monoisotopic (exact) mass is 398 g/mol. The molecule has 0 spiro atoms. The summed E-state index contributed by atoms with van der Waals surface area (Å²) in [6, 6.07) is 4.64. The molecule has 0 aliphatic heterocycles. The molecule has 11 nitrogen and oxygen atoms in total. The van der Waals surface area contributed by atoms with Crippen molar-refractivity contribution in [1.82, 2.24) is 0 Å². The third-order valence-electron chi connectivity index (χ3n) is 3.15. The molecule has 1 rings (SSSR count). The van der Waals surface area contributed by atoms with E-state index in [2.05, 4.69) is 9.47 Å². The van der Waals surface area contributed by atoms with Crippen LogP contribution in [0.5, 0.6) is 5.75 Å². The van der Waals surface area contributed by atoms with E-state index in [9.17, 15) is 19.2 Å². The quantitative estimate of drug-likeness (QED) is 0.328. The van der Waals surface area contributed by atoms with Gasteiger partial charge in [-0.15, -0.1) is 0 Å². The zero-order chi connectivity index (χ0) is 21.1. The summed E-state index contributed by atoms with van der Waals surface area (Å²) in [5.41, 5.74) is 6.47. The van der Waals surface area contributed by atoms with Crippen LogP contribution in [0.1, 0.15) is 13.8 Å². The summed E-state index contributed by atoms with van der Waals surface area (Å²) in [6.45, 7) is 0.404. The van der Waals surface area contributed by atoms with Gasteiger partial charge in [0.2, 0.25) is 13.6 Å². The van der Waals surface area contributed by atoms with Crippen LogP contribution >= 0.6 is 0 Å². The highest BCUT2D eigenvalue weighted by molar-refractivity contribution is 5.83. The Morgan fingerprint density at radius 2 is 1.39 bits per heavy atom. The van der Waals surface area contributed by atoms with Crippen molar-refractivity contribution in [3.05, 3.63) is 18.2 Å². The number of nitrogens with zero attached hydrogens (tertiary/aromatic N) is 1. The Balaban J connectivity index is 2.89. The summed E-state index contributed by atoms with van der Waals surface area (Å²) in [5, 5.41) is 0. The average Bonchev–Trinajstić information content (AvgIpc) is 2.60. The van der Waals surface area contributed by atoms with E-state index in [4.69, 9.17) is 19.9 Å². The minimum atomic E-state index is -0.779. The van der Waals surface area contributed by atoms with E-state index >= 15 is 0 Å². The van der Waals surface area contributed by atoms with Crippen molar-refractivity contribution in [3.63, 3.8) is 0 Å². The maximum absolute atomic E-state index is 12.0. The Morgan fingerprint density at radius 3 is 1.82 bits per heavy atom. The molecule has 0 bridgehead atoms. The SMILES string of the molecule is COc1ccc(N)cc1N(CC(=O)OCOC(C)=O)CC(=O)OCOC(C)=O. The number of benzene rings is 1. The summed E-state index contributed by atoms with van der Waals surface area (Å²) in [5.74, 6) is -2.45. The van der Waals surface area contributed by atoms with Gasteiger partial charge in [0.25, 0.3) is 0 Å². The molecule has 0 radical (unpaired) electrons. The summed E-state index contributed by atoms with van der Waals surface area (Å²) in [4.78, 5) is 46.8. The van der Waals surface area contributed by atoms with Gasteiger partial charge < -0.3 is 34.3 Å². The summed E-state index contributed by atoms with van der Waals surface area (Å²) >= 11 is 0. The van der Waals surface area contributed by atoms with Crippen molar-refractivity contribution in [1.29, 1.82) is 0 Å². The lowest BCUT2D eigenvalue weighted by Crippen LogP contribution is -2.37. The molecule has 0 unspecified atom stereocenters. The highest BCUT2D eigenvalue weighted by Crippen LogP contribution is 2.30. The van der Waals surface area contributed by atoms with E-state index in [0.29, 0.717) is 17.1 Å². The van der Waals surface area contributed by atoms with E-state index in [-0.39, 0.29) is 0 Å². The molecular weight excluding hydrogens is 376 g/mol. The number of carbonyl (C=O) groups is 4. The minimum absolute atomic E-state index is 0.330. The van der Waals surface area contributed by atoms with Gasteiger partial charge in [-0.05, 0) is 18.2 Å². The second-order valence-corrected chi connectivity index (χ2v) is 5.33. The lowest BCUT2D eigenvalue weighted by Gasteiger charge is -2.25. The molecule has 0 aromatic heterocycles. The van der Waals surface area contributed by atoms with Crippen LogP contribution in [0.15, 0.2) is 18.2 Å². The van der Waals surface area contributed by atoms with Crippen molar-refractivity contribution in [2.24, 2.45) is 0 Å². The lowest BCUT2D eigenvalue weighted by molar-refractivity contribution is -0.165. The molecule has 11 heteroatoms. The first kappa shape index (κ1) is 22.5. The fourth-order valence-electron chi connectivity index (χ4n) is 1.94. The Hall–Kier alpha value is -3.50. The number of hydrogen-bond acceptors (Lipinski definition) is 11. The van der Waals surface area contributed by atoms with Gasteiger partial charge in [0.1, 0.15) is 18.8 Å². The zero-order valence-corrected chi connectivity index (χ0v) is 15.8. The second-order valence-electron chi connectivity index (χ2n) is 5.33. The molecule has 0 atom stereocenters. The fraction of sp³-hybridized carbons (Fsp3) is 0.412. The van der Waals surface area contributed by atoms with Crippen molar-refractivity contribution >= 4 is 35.3 Å². The zero-order valence-electron chi connectivity index (χ0n) is 15.8. The first-order valence-corrected chi connectivity index (χ1v) is 7.99. The predicted molar refractivity (Wildman–Crippen MR) is 95.1 cm³/mol. The Labute approximate surface area is 161 Å². The highest BCUT2D eigenvalue weighted by atomic mass is 16.7. The molecule has 0 saturated heterocycles. The number of hydrogen-bond donors (Lipinski definition) is 1. The van der Waals surface area contributed by atoms with Gasteiger partial charge in [0.05, 0.1) is 12.8 Å². The van der Waals surface area contributed by atoms with E-state index in [1.54, 1.807) is 12.1 Å². The molecular formula is C17H22N2O9. The van der Waals surface area contributed by atoms with E-state index < -0.39 is 50.6 Å². The number of nitrogens with two attached hydrogens (primary N) is 1. The normalized spacial score (nSPS) is 9.82. The van der Waals surface area contributed by atoms with Crippen LogP contribution in [0.2, 0.25) is 0 Å². The minimum Gasteiger partial charge on any atom is -0.495 e. The van der Waals surface area contributed by atoms with Gasteiger partial charge in [-0.1, -0.05) is 0 Å².